The third-order valence-corrected chi connectivity index (χ3v) is 8.23. The van der Waals surface area contributed by atoms with Crippen LogP contribution in [-0.4, -0.2) is 37.1 Å². The van der Waals surface area contributed by atoms with E-state index in [1.165, 1.54) is 23.8 Å². The highest BCUT2D eigenvalue weighted by atomic mass is 32.2. The van der Waals surface area contributed by atoms with Gasteiger partial charge in [-0.3, -0.25) is 9.36 Å². The summed E-state index contributed by atoms with van der Waals surface area (Å²) in [6.07, 6.45) is 3.60. The molecule has 0 radical (unpaired) electrons. The third kappa shape index (κ3) is 5.88. The zero-order valence-corrected chi connectivity index (χ0v) is 24.5. The van der Waals surface area contributed by atoms with Gasteiger partial charge in [0.15, 0.2) is 16.3 Å². The molecule has 1 aliphatic rings. The lowest BCUT2D eigenvalue weighted by atomic mass is 9.93. The van der Waals surface area contributed by atoms with Gasteiger partial charge in [-0.15, -0.1) is 11.8 Å². The number of alkyl halides is 2. The van der Waals surface area contributed by atoms with Crippen LogP contribution in [0.3, 0.4) is 0 Å². The summed E-state index contributed by atoms with van der Waals surface area (Å²) in [5, 5.41) is 0. The molecule has 1 atom stereocenters. The molecule has 7 nitrogen and oxygen atoms in total. The molecule has 0 N–H and O–H groups in total. The molecule has 11 heteroatoms. The minimum atomic E-state index is -3.01. The summed E-state index contributed by atoms with van der Waals surface area (Å²) in [5.74, 6) is -0.585. The summed E-state index contributed by atoms with van der Waals surface area (Å²) < 4.78 is 42.7. The average molecular weight is 609 g/mol. The molecule has 1 aromatic heterocycles. The van der Waals surface area contributed by atoms with E-state index in [-0.39, 0.29) is 29.2 Å². The summed E-state index contributed by atoms with van der Waals surface area (Å²) in [6, 6.07) is 20.6. The summed E-state index contributed by atoms with van der Waals surface area (Å²) in [6.45, 7) is -1.13. The van der Waals surface area contributed by atoms with Crippen molar-refractivity contribution in [3.8, 4) is 11.5 Å². The van der Waals surface area contributed by atoms with E-state index in [0.717, 1.165) is 21.8 Å². The Morgan fingerprint density at radius 3 is 2.48 bits per heavy atom. The second-order valence-electron chi connectivity index (χ2n) is 8.99. The molecule has 3 aromatic carbocycles. The van der Waals surface area contributed by atoms with Crippen molar-refractivity contribution in [1.82, 2.24) is 4.57 Å². The normalized spacial score (nSPS) is 14.9. The molecule has 0 bridgehead atoms. The predicted molar refractivity (Wildman–Crippen MR) is 159 cm³/mol. The van der Waals surface area contributed by atoms with Crippen molar-refractivity contribution >= 4 is 40.8 Å². The first-order chi connectivity index (χ1) is 20.3. The first-order valence-electron chi connectivity index (χ1n) is 12.9. The number of rotatable bonds is 9. The number of benzene rings is 3. The number of hydrogen-bond donors (Lipinski definition) is 0. The molecular weight excluding hydrogens is 582 g/mol. The van der Waals surface area contributed by atoms with Gasteiger partial charge in [0, 0.05) is 10.5 Å². The van der Waals surface area contributed by atoms with Crippen LogP contribution in [0.2, 0.25) is 0 Å². The van der Waals surface area contributed by atoms with Crippen LogP contribution in [-0.2, 0) is 9.53 Å². The number of hydrogen-bond acceptors (Lipinski definition) is 8. The number of nitrogens with zero attached hydrogens (tertiary/aromatic N) is 2. The number of halogens is 2. The Morgan fingerprint density at radius 2 is 1.83 bits per heavy atom. The lowest BCUT2D eigenvalue weighted by Crippen LogP contribution is -2.40. The predicted octanol–water partition coefficient (Wildman–Crippen LogP) is 5.27. The molecule has 0 aliphatic carbocycles. The van der Waals surface area contributed by atoms with Crippen LogP contribution < -0.4 is 24.4 Å². The minimum Gasteiger partial charge on any atom is -0.493 e. The first kappa shape index (κ1) is 29.3. The van der Waals surface area contributed by atoms with Gasteiger partial charge >= 0.3 is 12.6 Å². The number of thiazole rings is 1. The molecule has 0 spiro atoms. The fraction of sp³-hybridized carbons (Fsp3) is 0.194. The van der Waals surface area contributed by atoms with E-state index in [0.29, 0.717) is 26.2 Å². The molecule has 2 heterocycles. The summed E-state index contributed by atoms with van der Waals surface area (Å²) >= 11 is 2.75. The van der Waals surface area contributed by atoms with E-state index in [1.807, 2.05) is 60.9 Å². The van der Waals surface area contributed by atoms with Gasteiger partial charge in [0.1, 0.15) is 0 Å². The second kappa shape index (κ2) is 12.7. The quantitative estimate of drug-likeness (QED) is 0.190. The van der Waals surface area contributed by atoms with Crippen molar-refractivity contribution in [2.45, 2.75) is 24.5 Å². The maximum Gasteiger partial charge on any atom is 0.387 e. The van der Waals surface area contributed by atoms with Gasteiger partial charge in [-0.25, -0.2) is 9.79 Å². The highest BCUT2D eigenvalue weighted by molar-refractivity contribution is 7.98. The van der Waals surface area contributed by atoms with Gasteiger partial charge in [0.25, 0.3) is 5.56 Å². The van der Waals surface area contributed by atoms with E-state index in [2.05, 4.69) is 4.74 Å². The lowest BCUT2D eigenvalue weighted by molar-refractivity contribution is -0.138. The van der Waals surface area contributed by atoms with Crippen LogP contribution in [0.1, 0.15) is 29.7 Å². The van der Waals surface area contributed by atoms with Crippen LogP contribution in [0.5, 0.6) is 11.5 Å². The largest absolute Gasteiger partial charge is 0.493 e. The Kier molecular flexibility index (Phi) is 8.89. The Balaban J connectivity index is 1.75. The monoisotopic (exact) mass is 608 g/mol. The van der Waals surface area contributed by atoms with E-state index in [1.54, 1.807) is 30.8 Å². The van der Waals surface area contributed by atoms with Crippen LogP contribution in [0.25, 0.3) is 11.8 Å². The summed E-state index contributed by atoms with van der Waals surface area (Å²) in [4.78, 5) is 33.8. The Hall–Kier alpha value is -4.22. The summed E-state index contributed by atoms with van der Waals surface area (Å²) in [5.41, 5.74) is 2.29. The molecule has 42 heavy (non-hydrogen) atoms. The lowest BCUT2D eigenvalue weighted by Gasteiger charge is -2.26. The van der Waals surface area contributed by atoms with Gasteiger partial charge < -0.3 is 14.2 Å². The van der Waals surface area contributed by atoms with E-state index >= 15 is 0 Å². The topological polar surface area (TPSA) is 79.1 Å². The SMILES string of the molecule is CCOC(=O)C1=C(c2ccccc2)N=c2s/c(=C/c3ccc(OC(F)F)c(OC)c3)c(=O)n2[C@H]1c1ccc(SC)cc1. The molecule has 4 aromatic rings. The number of carbonyl (C=O) groups is 1. The Morgan fingerprint density at radius 1 is 1.10 bits per heavy atom. The highest BCUT2D eigenvalue weighted by Gasteiger charge is 2.35. The molecule has 0 saturated heterocycles. The fourth-order valence-corrected chi connectivity index (χ4v) is 6.07. The zero-order chi connectivity index (χ0) is 29.8. The Labute approximate surface area is 248 Å². The molecular formula is C31H26F2N2O5S2. The van der Waals surface area contributed by atoms with Crippen molar-refractivity contribution in [2.75, 3.05) is 20.0 Å². The van der Waals surface area contributed by atoms with Gasteiger partial charge in [0.05, 0.1) is 35.6 Å². The van der Waals surface area contributed by atoms with Gasteiger partial charge in [-0.2, -0.15) is 8.78 Å². The molecule has 216 valence electrons. The maximum absolute atomic E-state index is 14.0. The zero-order valence-electron chi connectivity index (χ0n) is 22.9. The molecule has 0 saturated carbocycles. The van der Waals surface area contributed by atoms with E-state index in [4.69, 9.17) is 14.5 Å². The van der Waals surface area contributed by atoms with Gasteiger partial charge in [-0.05, 0) is 54.6 Å². The van der Waals surface area contributed by atoms with Crippen molar-refractivity contribution in [3.63, 3.8) is 0 Å². The van der Waals surface area contributed by atoms with E-state index < -0.39 is 18.6 Å². The Bertz CT molecular complexity index is 1820. The molecule has 0 unspecified atom stereocenters. The standard InChI is InChI=1S/C31H26F2N2O5S2/c1-4-39-29(37)25-26(19-8-6-5-7-9-19)34-31-35(27(25)20-11-13-21(41-3)14-12-20)28(36)24(42-31)17-18-10-15-22(40-30(32)33)23(16-18)38-2/h5-17,27,30H,4H2,1-3H3/b24-17+/t27-/m0/s1. The van der Waals surface area contributed by atoms with Crippen molar-refractivity contribution < 1.29 is 27.8 Å². The van der Waals surface area contributed by atoms with Crippen molar-refractivity contribution in [1.29, 1.82) is 0 Å². The highest BCUT2D eigenvalue weighted by Crippen LogP contribution is 2.36. The number of esters is 1. The number of carbonyl (C=O) groups excluding carboxylic acids is 1. The second-order valence-corrected chi connectivity index (χ2v) is 10.9. The van der Waals surface area contributed by atoms with Crippen molar-refractivity contribution in [3.05, 3.63) is 115 Å². The number of ether oxygens (including phenoxy) is 3. The fourth-order valence-electron chi connectivity index (χ4n) is 4.66. The summed E-state index contributed by atoms with van der Waals surface area (Å²) in [7, 11) is 1.34. The van der Waals surface area contributed by atoms with Crippen LogP contribution in [0, 0.1) is 0 Å². The van der Waals surface area contributed by atoms with Crippen molar-refractivity contribution in [2.24, 2.45) is 4.99 Å². The number of methoxy groups -OCH3 is 1. The molecule has 0 fully saturated rings. The number of aromatic nitrogens is 1. The van der Waals surface area contributed by atoms with Crippen LogP contribution in [0.15, 0.2) is 93.1 Å². The molecule has 5 rings (SSSR count). The average Bonchev–Trinajstić information content (AvgIpc) is 3.31. The van der Waals surface area contributed by atoms with E-state index in [9.17, 15) is 18.4 Å². The molecule has 0 amide bonds. The maximum atomic E-state index is 14.0. The minimum absolute atomic E-state index is 0.0968. The molecule has 1 aliphatic heterocycles. The van der Waals surface area contributed by atoms with Crippen LogP contribution >= 0.6 is 23.1 Å². The van der Waals surface area contributed by atoms with Gasteiger partial charge in [0.2, 0.25) is 0 Å². The van der Waals surface area contributed by atoms with Crippen LogP contribution in [0.4, 0.5) is 8.78 Å². The third-order valence-electron chi connectivity index (χ3n) is 6.51. The number of thioether (sulfide) groups is 1. The smallest absolute Gasteiger partial charge is 0.387 e. The van der Waals surface area contributed by atoms with Gasteiger partial charge in [-0.1, -0.05) is 59.9 Å². The first-order valence-corrected chi connectivity index (χ1v) is 14.9. The number of fused-ring (bicyclic) bond motifs is 1.